The maximum Gasteiger partial charge on any atom is 0.266 e. The van der Waals surface area contributed by atoms with Gasteiger partial charge in [0.1, 0.15) is 11.6 Å². The van der Waals surface area contributed by atoms with Gasteiger partial charge in [-0.1, -0.05) is 24.3 Å². The molecule has 0 spiro atoms. The molecule has 1 atom stereocenters. The quantitative estimate of drug-likeness (QED) is 0.497. The van der Waals surface area contributed by atoms with Crippen LogP contribution in [-0.2, 0) is 4.79 Å². The van der Waals surface area contributed by atoms with E-state index in [9.17, 15) is 4.79 Å². The summed E-state index contributed by atoms with van der Waals surface area (Å²) in [7, 11) is 0. The Hall–Kier alpha value is -2.97. The molecular weight excluding hydrogens is 392 g/mol. The van der Waals surface area contributed by atoms with Crippen molar-refractivity contribution >= 4 is 34.4 Å². The van der Waals surface area contributed by atoms with Gasteiger partial charge in [0, 0.05) is 11.4 Å². The number of para-hydroxylation sites is 1. The van der Waals surface area contributed by atoms with Crippen LogP contribution in [0.5, 0.6) is 5.75 Å². The number of ether oxygens (including phenoxy) is 1. The maximum absolute atomic E-state index is 12.6. The summed E-state index contributed by atoms with van der Waals surface area (Å²) in [5.41, 5.74) is 1.70. The number of benzene rings is 1. The highest BCUT2D eigenvalue weighted by Gasteiger charge is 2.19. The van der Waals surface area contributed by atoms with Gasteiger partial charge in [-0.2, -0.15) is 9.78 Å². The molecule has 3 aromatic heterocycles. The number of thiazole rings is 1. The minimum Gasteiger partial charge on any atom is -0.481 e. The smallest absolute Gasteiger partial charge is 0.266 e. The van der Waals surface area contributed by atoms with Crippen molar-refractivity contribution in [2.45, 2.75) is 20.0 Å². The first kappa shape index (κ1) is 18.4. The Labute approximate surface area is 170 Å². The van der Waals surface area contributed by atoms with Crippen molar-refractivity contribution in [1.29, 1.82) is 0 Å². The van der Waals surface area contributed by atoms with Gasteiger partial charge in [0.15, 0.2) is 6.10 Å². The molecule has 0 saturated heterocycles. The van der Waals surface area contributed by atoms with E-state index in [0.717, 1.165) is 16.3 Å². The average molecular weight is 411 g/mol. The molecule has 0 fully saturated rings. The second kappa shape index (κ2) is 7.95. The van der Waals surface area contributed by atoms with Gasteiger partial charge in [0.05, 0.1) is 16.3 Å². The first-order chi connectivity index (χ1) is 13.6. The Morgan fingerprint density at radius 1 is 1.18 bits per heavy atom. The number of carbonyl (C=O) groups is 1. The first-order valence-corrected chi connectivity index (χ1v) is 10.4. The molecule has 1 amide bonds. The van der Waals surface area contributed by atoms with Gasteiger partial charge in [-0.3, -0.25) is 4.79 Å². The van der Waals surface area contributed by atoms with Gasteiger partial charge in [-0.15, -0.1) is 22.7 Å². The Morgan fingerprint density at radius 2 is 2.00 bits per heavy atom. The summed E-state index contributed by atoms with van der Waals surface area (Å²) in [4.78, 5) is 18.4. The largest absolute Gasteiger partial charge is 0.481 e. The lowest BCUT2D eigenvalue weighted by Gasteiger charge is -2.14. The lowest BCUT2D eigenvalue weighted by Crippen LogP contribution is -2.30. The van der Waals surface area contributed by atoms with Crippen LogP contribution in [0.1, 0.15) is 12.6 Å². The van der Waals surface area contributed by atoms with Crippen molar-refractivity contribution in [1.82, 2.24) is 14.8 Å². The number of amides is 1. The van der Waals surface area contributed by atoms with Gasteiger partial charge in [0.25, 0.3) is 5.91 Å². The Morgan fingerprint density at radius 3 is 2.75 bits per heavy atom. The van der Waals surface area contributed by atoms with Crippen molar-refractivity contribution in [2.24, 2.45) is 0 Å². The zero-order valence-electron chi connectivity index (χ0n) is 15.3. The standard InChI is InChI=1S/C20H18N4O2S2/c1-13-11-18(22-19(25)14(2)26-15-7-4-3-5-8-15)24(23-13)20-21-16(12-28-20)17-9-6-10-27-17/h3-12,14H,1-2H3,(H,22,25). The van der Waals surface area contributed by atoms with Gasteiger partial charge in [-0.05, 0) is 37.4 Å². The maximum atomic E-state index is 12.6. The lowest BCUT2D eigenvalue weighted by molar-refractivity contribution is -0.122. The number of nitrogens with zero attached hydrogens (tertiary/aromatic N) is 3. The molecule has 1 aromatic carbocycles. The van der Waals surface area contributed by atoms with E-state index in [1.54, 1.807) is 22.9 Å². The molecule has 3 heterocycles. The number of nitrogens with one attached hydrogen (secondary N) is 1. The third-order valence-electron chi connectivity index (χ3n) is 3.95. The van der Waals surface area contributed by atoms with E-state index in [1.807, 2.05) is 66.2 Å². The third-order valence-corrected chi connectivity index (χ3v) is 5.66. The van der Waals surface area contributed by atoms with Crippen LogP contribution >= 0.6 is 22.7 Å². The Bertz CT molecular complexity index is 1070. The molecule has 1 N–H and O–H groups in total. The molecule has 0 aliphatic carbocycles. The van der Waals surface area contributed by atoms with Gasteiger partial charge in [-0.25, -0.2) is 4.98 Å². The molecule has 0 radical (unpaired) electrons. The number of anilines is 1. The van der Waals surface area contributed by atoms with Crippen molar-refractivity contribution in [3.05, 3.63) is 65.0 Å². The summed E-state index contributed by atoms with van der Waals surface area (Å²) in [6.45, 7) is 3.60. The van der Waals surface area contributed by atoms with E-state index in [0.29, 0.717) is 16.7 Å². The molecule has 28 heavy (non-hydrogen) atoms. The van der Waals surface area contributed by atoms with Crippen LogP contribution in [0.3, 0.4) is 0 Å². The van der Waals surface area contributed by atoms with Gasteiger partial charge >= 0.3 is 0 Å². The molecule has 1 unspecified atom stereocenters. The van der Waals surface area contributed by atoms with E-state index in [1.165, 1.54) is 11.3 Å². The van der Waals surface area contributed by atoms with E-state index < -0.39 is 6.10 Å². The minimum absolute atomic E-state index is 0.250. The topological polar surface area (TPSA) is 69.0 Å². The fourth-order valence-electron chi connectivity index (χ4n) is 2.62. The molecule has 0 aliphatic heterocycles. The zero-order chi connectivity index (χ0) is 19.5. The number of carbonyl (C=O) groups excluding carboxylic acids is 1. The van der Waals surface area contributed by atoms with Crippen LogP contribution in [0, 0.1) is 6.92 Å². The SMILES string of the molecule is Cc1cc(NC(=O)C(C)Oc2ccccc2)n(-c2nc(-c3cccs3)cs2)n1. The summed E-state index contributed by atoms with van der Waals surface area (Å²) in [6.07, 6.45) is -0.649. The summed E-state index contributed by atoms with van der Waals surface area (Å²) in [5, 5.41) is 12.1. The Balaban J connectivity index is 1.52. The molecule has 6 nitrogen and oxygen atoms in total. The molecule has 8 heteroatoms. The number of hydrogen-bond donors (Lipinski definition) is 1. The van der Waals surface area contributed by atoms with Crippen molar-refractivity contribution < 1.29 is 9.53 Å². The number of rotatable bonds is 6. The second-order valence-electron chi connectivity index (χ2n) is 6.14. The van der Waals surface area contributed by atoms with Gasteiger partial charge in [0.2, 0.25) is 5.13 Å². The van der Waals surface area contributed by atoms with Crippen LogP contribution in [0.15, 0.2) is 59.3 Å². The van der Waals surface area contributed by atoms with E-state index >= 15 is 0 Å². The number of aryl methyl sites for hydroxylation is 1. The predicted octanol–water partition coefficient (Wildman–Crippen LogP) is 4.77. The molecular formula is C20H18N4O2S2. The second-order valence-corrected chi connectivity index (χ2v) is 7.92. The van der Waals surface area contributed by atoms with Crippen LogP contribution in [0.25, 0.3) is 15.7 Å². The van der Waals surface area contributed by atoms with Crippen LogP contribution < -0.4 is 10.1 Å². The molecule has 0 aliphatic rings. The normalized spacial score (nSPS) is 11.9. The molecule has 0 saturated carbocycles. The highest BCUT2D eigenvalue weighted by molar-refractivity contribution is 7.15. The number of thiophene rings is 1. The fourth-order valence-corrected chi connectivity index (χ4v) is 4.17. The monoisotopic (exact) mass is 410 g/mol. The summed E-state index contributed by atoms with van der Waals surface area (Å²) in [5.74, 6) is 0.966. The van der Waals surface area contributed by atoms with E-state index in [4.69, 9.17) is 4.74 Å². The fraction of sp³-hybridized carbons (Fsp3) is 0.150. The minimum atomic E-state index is -0.649. The third kappa shape index (κ3) is 3.97. The van der Waals surface area contributed by atoms with E-state index in [-0.39, 0.29) is 5.91 Å². The lowest BCUT2D eigenvalue weighted by atomic mass is 10.3. The molecule has 4 aromatic rings. The van der Waals surface area contributed by atoms with Gasteiger partial charge < -0.3 is 10.1 Å². The van der Waals surface area contributed by atoms with Crippen LogP contribution in [0.4, 0.5) is 5.82 Å². The first-order valence-electron chi connectivity index (χ1n) is 8.69. The van der Waals surface area contributed by atoms with Crippen molar-refractivity contribution in [2.75, 3.05) is 5.32 Å². The highest BCUT2D eigenvalue weighted by atomic mass is 32.1. The van der Waals surface area contributed by atoms with Crippen LogP contribution in [0.2, 0.25) is 0 Å². The highest BCUT2D eigenvalue weighted by Crippen LogP contribution is 2.29. The van der Waals surface area contributed by atoms with E-state index in [2.05, 4.69) is 15.4 Å². The molecule has 142 valence electrons. The summed E-state index contributed by atoms with van der Waals surface area (Å²) < 4.78 is 7.36. The number of hydrogen-bond acceptors (Lipinski definition) is 6. The van der Waals surface area contributed by atoms with Crippen molar-refractivity contribution in [3.63, 3.8) is 0 Å². The zero-order valence-corrected chi connectivity index (χ0v) is 17.0. The van der Waals surface area contributed by atoms with Crippen molar-refractivity contribution in [3.8, 4) is 21.5 Å². The number of aromatic nitrogens is 3. The average Bonchev–Trinajstić information content (AvgIpc) is 3.42. The Kier molecular flexibility index (Phi) is 5.23. The predicted molar refractivity (Wildman–Crippen MR) is 112 cm³/mol. The molecule has 4 rings (SSSR count). The summed E-state index contributed by atoms with van der Waals surface area (Å²) in [6, 6.07) is 15.1. The summed E-state index contributed by atoms with van der Waals surface area (Å²) >= 11 is 3.12. The van der Waals surface area contributed by atoms with Crippen LogP contribution in [-0.4, -0.2) is 26.8 Å². The molecule has 0 bridgehead atoms.